The van der Waals surface area contributed by atoms with Crippen LogP contribution in [0.4, 0.5) is 4.39 Å². The van der Waals surface area contributed by atoms with Crippen LogP contribution < -0.4 is 0 Å². The van der Waals surface area contributed by atoms with Gasteiger partial charge in [0, 0.05) is 13.0 Å². The molecule has 1 aliphatic heterocycles. The minimum atomic E-state index is -0.753. The van der Waals surface area contributed by atoms with E-state index >= 15 is 0 Å². The Hall–Kier alpha value is -1.93. The van der Waals surface area contributed by atoms with E-state index in [0.29, 0.717) is 12.0 Å². The maximum atomic E-state index is 13.4. The van der Waals surface area contributed by atoms with Crippen LogP contribution in [0, 0.1) is 22.6 Å². The van der Waals surface area contributed by atoms with Gasteiger partial charge in [-0.1, -0.05) is 12.1 Å². The van der Waals surface area contributed by atoms with E-state index in [-0.39, 0.29) is 30.7 Å². The maximum Gasteiger partial charge on any atom is 0.224 e. The fraction of sp³-hybridized carbons (Fsp3) is 0.500. The number of nitriles is 1. The van der Waals surface area contributed by atoms with Crippen molar-refractivity contribution in [2.75, 3.05) is 6.54 Å². The number of nitrogens with zero attached hydrogens (tertiary/aromatic N) is 2. The van der Waals surface area contributed by atoms with Crippen LogP contribution in [0.15, 0.2) is 24.3 Å². The number of halogens is 1. The van der Waals surface area contributed by atoms with Crippen LogP contribution in [-0.2, 0) is 4.79 Å². The van der Waals surface area contributed by atoms with Crippen LogP contribution in [0.5, 0.6) is 0 Å². The highest BCUT2D eigenvalue weighted by atomic mass is 19.1. The molecule has 1 amide bonds. The van der Waals surface area contributed by atoms with Crippen molar-refractivity contribution in [3.63, 3.8) is 0 Å². The Kier molecular flexibility index (Phi) is 4.29. The number of amides is 1. The number of hydrogen-bond donors (Lipinski definition) is 1. The number of β-amino-alcohol motifs (C(OH)–C–C–N with tert-alkyl or cyclic N) is 1. The van der Waals surface area contributed by atoms with Crippen LogP contribution in [0.1, 0.15) is 38.3 Å². The lowest BCUT2D eigenvalue weighted by Crippen LogP contribution is -2.34. The van der Waals surface area contributed by atoms with E-state index in [1.165, 1.54) is 12.1 Å². The summed E-state index contributed by atoms with van der Waals surface area (Å²) in [5.74, 6) is -0.550. The third kappa shape index (κ3) is 3.59. The Morgan fingerprint density at radius 3 is 2.90 bits per heavy atom. The highest BCUT2D eigenvalue weighted by Gasteiger charge is 2.37. The molecule has 2 rings (SSSR count). The number of aliphatic hydroxyl groups excluding tert-OH is 1. The SMILES string of the molecule is CC(C)(C#N)CC(=O)N1C[C@H](O)C[C@H]1c1cccc(F)c1. The Balaban J connectivity index is 2.21. The standard InChI is InChI=1S/C16H19FN2O2/c1-16(2,10-18)8-15(21)19-9-13(20)7-14(19)11-4-3-5-12(17)6-11/h3-6,13-14,20H,7-9H2,1-2H3/t13-,14+/m1/s1. The molecule has 0 saturated carbocycles. The van der Waals surface area contributed by atoms with Crippen LogP contribution >= 0.6 is 0 Å². The molecule has 1 N–H and O–H groups in total. The Bertz CT molecular complexity index is 580. The lowest BCUT2D eigenvalue weighted by atomic mass is 9.90. The first-order chi connectivity index (χ1) is 9.82. The van der Waals surface area contributed by atoms with Crippen LogP contribution in [0.25, 0.3) is 0 Å². The summed E-state index contributed by atoms with van der Waals surface area (Å²) in [7, 11) is 0. The molecule has 1 fully saturated rings. The van der Waals surface area contributed by atoms with Crippen molar-refractivity contribution < 1.29 is 14.3 Å². The van der Waals surface area contributed by atoms with Crippen molar-refractivity contribution in [1.29, 1.82) is 5.26 Å². The van der Waals surface area contributed by atoms with Crippen molar-refractivity contribution in [2.45, 2.75) is 38.8 Å². The van der Waals surface area contributed by atoms with E-state index in [1.54, 1.807) is 30.9 Å². The molecule has 1 aliphatic rings. The fourth-order valence-corrected chi connectivity index (χ4v) is 2.64. The third-order valence-corrected chi connectivity index (χ3v) is 3.73. The first kappa shape index (κ1) is 15.5. The van der Waals surface area contributed by atoms with E-state index in [2.05, 4.69) is 6.07 Å². The first-order valence-electron chi connectivity index (χ1n) is 6.96. The summed E-state index contributed by atoms with van der Waals surface area (Å²) in [4.78, 5) is 14.0. The monoisotopic (exact) mass is 290 g/mol. The summed E-state index contributed by atoms with van der Waals surface area (Å²) in [6.45, 7) is 3.63. The van der Waals surface area contributed by atoms with Crippen molar-refractivity contribution in [2.24, 2.45) is 5.41 Å². The number of rotatable bonds is 3. The molecule has 0 bridgehead atoms. The topological polar surface area (TPSA) is 64.3 Å². The highest BCUT2D eigenvalue weighted by molar-refractivity contribution is 5.78. The van der Waals surface area contributed by atoms with Gasteiger partial charge in [-0.3, -0.25) is 4.79 Å². The molecule has 0 unspecified atom stereocenters. The van der Waals surface area contributed by atoms with Gasteiger partial charge in [0.25, 0.3) is 0 Å². The normalized spacial score (nSPS) is 22.1. The van der Waals surface area contributed by atoms with Gasteiger partial charge >= 0.3 is 0 Å². The number of benzene rings is 1. The molecule has 21 heavy (non-hydrogen) atoms. The van der Waals surface area contributed by atoms with Crippen LogP contribution in [0.2, 0.25) is 0 Å². The minimum Gasteiger partial charge on any atom is -0.391 e. The molecule has 1 aromatic carbocycles. The fourth-order valence-electron chi connectivity index (χ4n) is 2.64. The Morgan fingerprint density at radius 1 is 1.57 bits per heavy atom. The van der Waals surface area contributed by atoms with Crippen LogP contribution in [-0.4, -0.2) is 28.6 Å². The van der Waals surface area contributed by atoms with E-state index in [9.17, 15) is 14.3 Å². The summed E-state index contributed by atoms with van der Waals surface area (Å²) in [6, 6.07) is 7.85. The third-order valence-electron chi connectivity index (χ3n) is 3.73. The second-order valence-corrected chi connectivity index (χ2v) is 6.18. The zero-order valence-corrected chi connectivity index (χ0v) is 12.2. The highest BCUT2D eigenvalue weighted by Crippen LogP contribution is 2.34. The Morgan fingerprint density at radius 2 is 2.29 bits per heavy atom. The van der Waals surface area contributed by atoms with Gasteiger partial charge in [0.05, 0.1) is 23.6 Å². The lowest BCUT2D eigenvalue weighted by molar-refractivity contribution is -0.133. The zero-order valence-electron chi connectivity index (χ0n) is 12.2. The van der Waals surface area contributed by atoms with Crippen molar-refractivity contribution in [3.05, 3.63) is 35.6 Å². The Labute approximate surface area is 123 Å². The smallest absolute Gasteiger partial charge is 0.224 e. The van der Waals surface area contributed by atoms with E-state index in [4.69, 9.17) is 5.26 Å². The predicted octanol–water partition coefficient (Wildman–Crippen LogP) is 2.40. The molecule has 5 heteroatoms. The van der Waals surface area contributed by atoms with E-state index in [1.807, 2.05) is 0 Å². The molecule has 0 aromatic heterocycles. The van der Waals surface area contributed by atoms with Crippen molar-refractivity contribution in [1.82, 2.24) is 4.90 Å². The second-order valence-electron chi connectivity index (χ2n) is 6.18. The second kappa shape index (κ2) is 5.82. The summed E-state index contributed by atoms with van der Waals surface area (Å²) in [5, 5.41) is 18.9. The summed E-state index contributed by atoms with van der Waals surface area (Å²) in [6.07, 6.45) is -0.142. The van der Waals surface area contributed by atoms with Gasteiger partial charge in [-0.05, 0) is 38.0 Å². The quantitative estimate of drug-likeness (QED) is 0.929. The summed E-state index contributed by atoms with van der Waals surface area (Å²) >= 11 is 0. The molecular weight excluding hydrogens is 271 g/mol. The molecule has 1 heterocycles. The average Bonchev–Trinajstić information content (AvgIpc) is 2.80. The molecular formula is C16H19FN2O2. The molecule has 4 nitrogen and oxygen atoms in total. The van der Waals surface area contributed by atoms with Gasteiger partial charge in [-0.25, -0.2) is 4.39 Å². The first-order valence-corrected chi connectivity index (χ1v) is 6.96. The zero-order chi connectivity index (χ0) is 15.6. The van der Waals surface area contributed by atoms with E-state index in [0.717, 1.165) is 0 Å². The molecule has 0 aliphatic carbocycles. The van der Waals surface area contributed by atoms with Crippen molar-refractivity contribution >= 4 is 5.91 Å². The summed E-state index contributed by atoms with van der Waals surface area (Å²) < 4.78 is 13.4. The van der Waals surface area contributed by atoms with Gasteiger partial charge in [-0.15, -0.1) is 0 Å². The largest absolute Gasteiger partial charge is 0.391 e. The molecule has 0 spiro atoms. The molecule has 2 atom stereocenters. The molecule has 1 aromatic rings. The summed E-state index contributed by atoms with van der Waals surface area (Å²) in [5.41, 5.74) is -0.0772. The lowest BCUT2D eigenvalue weighted by Gasteiger charge is -2.27. The number of carbonyl (C=O) groups excluding carboxylic acids is 1. The van der Waals surface area contributed by atoms with Gasteiger partial charge in [0.2, 0.25) is 5.91 Å². The number of carbonyl (C=O) groups is 1. The van der Waals surface area contributed by atoms with Gasteiger partial charge in [-0.2, -0.15) is 5.26 Å². The van der Waals surface area contributed by atoms with E-state index < -0.39 is 11.5 Å². The molecule has 0 radical (unpaired) electrons. The van der Waals surface area contributed by atoms with Gasteiger partial charge in [0.15, 0.2) is 0 Å². The number of aliphatic hydroxyl groups is 1. The van der Waals surface area contributed by atoms with Crippen molar-refractivity contribution in [3.8, 4) is 6.07 Å². The predicted molar refractivity (Wildman–Crippen MR) is 75.5 cm³/mol. The van der Waals surface area contributed by atoms with Crippen LogP contribution in [0.3, 0.4) is 0 Å². The molecule has 1 saturated heterocycles. The van der Waals surface area contributed by atoms with Gasteiger partial charge < -0.3 is 10.0 Å². The average molecular weight is 290 g/mol. The maximum absolute atomic E-state index is 13.4. The minimum absolute atomic E-state index is 0.0854. The number of likely N-dealkylation sites (tertiary alicyclic amines) is 1. The number of hydrogen-bond acceptors (Lipinski definition) is 3. The molecule has 112 valence electrons. The van der Waals surface area contributed by atoms with Gasteiger partial charge in [0.1, 0.15) is 5.82 Å².